The van der Waals surface area contributed by atoms with Gasteiger partial charge in [0, 0.05) is 5.39 Å². The Hall–Kier alpha value is -0.950. The second-order valence-electron chi connectivity index (χ2n) is 3.46. The van der Waals surface area contributed by atoms with Gasteiger partial charge in [0.05, 0.1) is 11.3 Å². The summed E-state index contributed by atoms with van der Waals surface area (Å²) >= 11 is 6.22. The Bertz CT molecular complexity index is 429. The van der Waals surface area contributed by atoms with Crippen LogP contribution in [0.15, 0.2) is 28.9 Å². The Morgan fingerprint density at radius 2 is 2.00 bits per heavy atom. The summed E-state index contributed by atoms with van der Waals surface area (Å²) in [4.78, 5) is 0. The molecule has 68 valence electrons. The number of furan rings is 1. The molecule has 0 fully saturated rings. The molecule has 0 bridgehead atoms. The van der Waals surface area contributed by atoms with Crippen molar-refractivity contribution in [1.29, 1.82) is 0 Å². The van der Waals surface area contributed by atoms with Crippen molar-refractivity contribution >= 4 is 22.6 Å². The third-order valence-corrected chi connectivity index (χ3v) is 2.64. The van der Waals surface area contributed by atoms with Crippen molar-refractivity contribution in [2.24, 2.45) is 0 Å². The lowest BCUT2D eigenvalue weighted by Gasteiger charge is -2.07. The van der Waals surface area contributed by atoms with Gasteiger partial charge in [-0.1, -0.05) is 31.5 Å². The standard InChI is InChI=1S/C11H11ClO/c1-7(2)8-3-4-10-9(11(8)12)5-6-13-10/h3-7H,1-2H3. The summed E-state index contributed by atoms with van der Waals surface area (Å²) < 4.78 is 5.25. The van der Waals surface area contributed by atoms with Crippen LogP contribution in [0.25, 0.3) is 11.0 Å². The van der Waals surface area contributed by atoms with Gasteiger partial charge in [-0.2, -0.15) is 0 Å². The van der Waals surface area contributed by atoms with E-state index in [-0.39, 0.29) is 0 Å². The number of hydrogen-bond donors (Lipinski definition) is 0. The fourth-order valence-electron chi connectivity index (χ4n) is 1.47. The Morgan fingerprint density at radius 3 is 2.69 bits per heavy atom. The first kappa shape index (κ1) is 8.64. The van der Waals surface area contributed by atoms with Crippen LogP contribution >= 0.6 is 11.6 Å². The van der Waals surface area contributed by atoms with Gasteiger partial charge in [0.2, 0.25) is 0 Å². The molecule has 0 saturated heterocycles. The van der Waals surface area contributed by atoms with E-state index >= 15 is 0 Å². The normalized spacial score (nSPS) is 11.4. The number of halogens is 1. The fraction of sp³-hybridized carbons (Fsp3) is 0.273. The highest BCUT2D eigenvalue weighted by Gasteiger charge is 2.09. The zero-order chi connectivity index (χ0) is 9.42. The summed E-state index contributed by atoms with van der Waals surface area (Å²) in [5.74, 6) is 0.451. The molecule has 0 radical (unpaired) electrons. The van der Waals surface area contributed by atoms with Gasteiger partial charge < -0.3 is 4.42 Å². The zero-order valence-corrected chi connectivity index (χ0v) is 8.43. The van der Waals surface area contributed by atoms with E-state index in [4.69, 9.17) is 16.0 Å². The van der Waals surface area contributed by atoms with Gasteiger partial charge in [-0.05, 0) is 23.6 Å². The van der Waals surface area contributed by atoms with Crippen molar-refractivity contribution in [3.63, 3.8) is 0 Å². The van der Waals surface area contributed by atoms with Crippen molar-refractivity contribution in [3.8, 4) is 0 Å². The molecule has 0 aliphatic heterocycles. The number of benzene rings is 1. The van der Waals surface area contributed by atoms with Crippen LogP contribution in [0.5, 0.6) is 0 Å². The summed E-state index contributed by atoms with van der Waals surface area (Å²) in [6, 6.07) is 5.90. The van der Waals surface area contributed by atoms with Crippen molar-refractivity contribution in [1.82, 2.24) is 0 Å². The molecule has 0 atom stereocenters. The number of rotatable bonds is 1. The monoisotopic (exact) mass is 194 g/mol. The quantitative estimate of drug-likeness (QED) is 0.663. The molecule has 2 heteroatoms. The van der Waals surface area contributed by atoms with Crippen LogP contribution in [0.3, 0.4) is 0 Å². The molecule has 1 aromatic heterocycles. The van der Waals surface area contributed by atoms with Crippen LogP contribution in [0.1, 0.15) is 25.3 Å². The van der Waals surface area contributed by atoms with Crippen LogP contribution < -0.4 is 0 Å². The molecule has 1 nitrogen and oxygen atoms in total. The molecule has 0 amide bonds. The zero-order valence-electron chi connectivity index (χ0n) is 7.67. The van der Waals surface area contributed by atoms with Crippen molar-refractivity contribution in [3.05, 3.63) is 35.0 Å². The van der Waals surface area contributed by atoms with E-state index < -0.39 is 0 Å². The molecular weight excluding hydrogens is 184 g/mol. The molecule has 1 heterocycles. The van der Waals surface area contributed by atoms with Gasteiger partial charge in [-0.25, -0.2) is 0 Å². The molecule has 0 aliphatic carbocycles. The van der Waals surface area contributed by atoms with Crippen LogP contribution in [0, 0.1) is 0 Å². The van der Waals surface area contributed by atoms with E-state index in [1.54, 1.807) is 6.26 Å². The molecular formula is C11H11ClO. The molecule has 13 heavy (non-hydrogen) atoms. The molecule has 0 N–H and O–H groups in total. The summed E-state index contributed by atoms with van der Waals surface area (Å²) in [6.45, 7) is 4.26. The molecule has 1 aromatic carbocycles. The van der Waals surface area contributed by atoms with Gasteiger partial charge in [-0.3, -0.25) is 0 Å². The highest BCUT2D eigenvalue weighted by molar-refractivity contribution is 6.36. The average Bonchev–Trinajstić information content (AvgIpc) is 2.52. The van der Waals surface area contributed by atoms with Gasteiger partial charge in [-0.15, -0.1) is 0 Å². The molecule has 2 rings (SSSR count). The van der Waals surface area contributed by atoms with Crippen LogP contribution in [0.2, 0.25) is 5.02 Å². The lowest BCUT2D eigenvalue weighted by atomic mass is 10.0. The van der Waals surface area contributed by atoms with Crippen LogP contribution in [-0.2, 0) is 0 Å². The van der Waals surface area contributed by atoms with E-state index in [1.807, 2.05) is 18.2 Å². The highest BCUT2D eigenvalue weighted by atomic mass is 35.5. The molecule has 0 spiro atoms. The Labute approximate surface area is 82.3 Å². The predicted molar refractivity (Wildman–Crippen MR) is 55.3 cm³/mol. The Kier molecular flexibility index (Phi) is 2.04. The van der Waals surface area contributed by atoms with Crippen molar-refractivity contribution < 1.29 is 4.42 Å². The molecule has 0 aliphatic rings. The molecule has 0 saturated carbocycles. The number of fused-ring (bicyclic) bond motifs is 1. The van der Waals surface area contributed by atoms with Crippen molar-refractivity contribution in [2.75, 3.05) is 0 Å². The lowest BCUT2D eigenvalue weighted by molar-refractivity contribution is 0.615. The highest BCUT2D eigenvalue weighted by Crippen LogP contribution is 2.32. The van der Waals surface area contributed by atoms with Crippen LogP contribution in [0.4, 0.5) is 0 Å². The maximum atomic E-state index is 6.22. The summed E-state index contributed by atoms with van der Waals surface area (Å²) in [7, 11) is 0. The predicted octanol–water partition coefficient (Wildman–Crippen LogP) is 4.21. The van der Waals surface area contributed by atoms with E-state index in [2.05, 4.69) is 13.8 Å². The smallest absolute Gasteiger partial charge is 0.135 e. The summed E-state index contributed by atoms with van der Waals surface area (Å²) in [5, 5.41) is 1.83. The third kappa shape index (κ3) is 1.33. The van der Waals surface area contributed by atoms with Gasteiger partial charge >= 0.3 is 0 Å². The third-order valence-electron chi connectivity index (χ3n) is 2.22. The van der Waals surface area contributed by atoms with Gasteiger partial charge in [0.15, 0.2) is 0 Å². The van der Waals surface area contributed by atoms with E-state index in [0.29, 0.717) is 5.92 Å². The first-order valence-corrected chi connectivity index (χ1v) is 4.73. The minimum absolute atomic E-state index is 0.451. The van der Waals surface area contributed by atoms with E-state index in [1.165, 1.54) is 5.56 Å². The maximum absolute atomic E-state index is 6.22. The summed E-state index contributed by atoms with van der Waals surface area (Å²) in [5.41, 5.74) is 2.03. The van der Waals surface area contributed by atoms with E-state index in [0.717, 1.165) is 16.0 Å². The minimum Gasteiger partial charge on any atom is -0.464 e. The number of hydrogen-bond acceptors (Lipinski definition) is 1. The Morgan fingerprint density at radius 1 is 1.23 bits per heavy atom. The Balaban J connectivity index is 2.73. The van der Waals surface area contributed by atoms with Gasteiger partial charge in [0.25, 0.3) is 0 Å². The lowest BCUT2D eigenvalue weighted by Crippen LogP contribution is -1.87. The van der Waals surface area contributed by atoms with E-state index in [9.17, 15) is 0 Å². The second kappa shape index (κ2) is 3.08. The molecule has 2 aromatic rings. The van der Waals surface area contributed by atoms with Crippen LogP contribution in [-0.4, -0.2) is 0 Å². The minimum atomic E-state index is 0.451. The largest absolute Gasteiger partial charge is 0.464 e. The topological polar surface area (TPSA) is 13.1 Å². The SMILES string of the molecule is CC(C)c1ccc2occc2c1Cl. The second-order valence-corrected chi connectivity index (χ2v) is 3.83. The average molecular weight is 195 g/mol. The van der Waals surface area contributed by atoms with Gasteiger partial charge in [0.1, 0.15) is 5.58 Å². The summed E-state index contributed by atoms with van der Waals surface area (Å²) in [6.07, 6.45) is 1.67. The first-order valence-electron chi connectivity index (χ1n) is 4.35. The maximum Gasteiger partial charge on any atom is 0.135 e. The van der Waals surface area contributed by atoms with Crippen molar-refractivity contribution in [2.45, 2.75) is 19.8 Å². The first-order chi connectivity index (χ1) is 6.20. The molecule has 0 unspecified atom stereocenters. The fourth-order valence-corrected chi connectivity index (χ4v) is 1.91.